The molecule has 0 radical (unpaired) electrons. The number of nitrogens with zero attached hydrogens (tertiary/aromatic N) is 3. The van der Waals surface area contributed by atoms with Crippen LogP contribution in [0.1, 0.15) is 5.56 Å². The van der Waals surface area contributed by atoms with Crippen LogP contribution in [0.4, 0.5) is 18.9 Å². The molecule has 156 valence electrons. The van der Waals surface area contributed by atoms with Crippen molar-refractivity contribution in [1.29, 1.82) is 0 Å². The molecule has 1 N–H and O–H groups in total. The maximum atomic E-state index is 12.8. The fourth-order valence-electron chi connectivity index (χ4n) is 2.63. The van der Waals surface area contributed by atoms with Crippen molar-refractivity contribution in [3.8, 4) is 11.4 Å². The lowest BCUT2D eigenvalue weighted by Crippen LogP contribution is -2.15. The molecule has 0 fully saturated rings. The van der Waals surface area contributed by atoms with Crippen molar-refractivity contribution in [1.82, 2.24) is 14.8 Å². The van der Waals surface area contributed by atoms with Crippen LogP contribution in [0, 0.1) is 0 Å². The highest BCUT2D eigenvalue weighted by Crippen LogP contribution is 2.31. The number of rotatable bonds is 7. The van der Waals surface area contributed by atoms with Gasteiger partial charge in [0.2, 0.25) is 5.91 Å². The fraction of sp³-hybridized carbons (Fsp3) is 0.150. The van der Waals surface area contributed by atoms with E-state index in [0.29, 0.717) is 17.5 Å². The standard InChI is InChI=1S/C20H16BrF3N4OS/c1-2-9-28-18(13-5-3-7-15(21)10-13)26-27-19(28)30-12-17(29)25-16-8-4-6-14(11-16)20(22,23)24/h2-8,10-11H,1,9,12H2,(H,25,29). The molecule has 1 heterocycles. The summed E-state index contributed by atoms with van der Waals surface area (Å²) in [6, 6.07) is 12.1. The van der Waals surface area contributed by atoms with Crippen LogP contribution in [0.5, 0.6) is 0 Å². The van der Waals surface area contributed by atoms with Gasteiger partial charge >= 0.3 is 6.18 Å². The van der Waals surface area contributed by atoms with Crippen molar-refractivity contribution in [2.45, 2.75) is 17.9 Å². The SMILES string of the molecule is C=CCn1c(SCC(=O)Nc2cccc(C(F)(F)F)c2)nnc1-c1cccc(Br)c1. The molecule has 0 aliphatic heterocycles. The van der Waals surface area contributed by atoms with Gasteiger partial charge in [0.05, 0.1) is 11.3 Å². The Labute approximate surface area is 183 Å². The monoisotopic (exact) mass is 496 g/mol. The second kappa shape index (κ2) is 9.48. The Hall–Kier alpha value is -2.59. The normalized spacial score (nSPS) is 11.3. The van der Waals surface area contributed by atoms with Gasteiger partial charge in [-0.25, -0.2) is 0 Å². The highest BCUT2D eigenvalue weighted by molar-refractivity contribution is 9.10. The number of carbonyl (C=O) groups is 1. The van der Waals surface area contributed by atoms with E-state index in [-0.39, 0.29) is 11.4 Å². The van der Waals surface area contributed by atoms with Gasteiger partial charge in [0, 0.05) is 22.3 Å². The molecule has 0 atom stereocenters. The van der Waals surface area contributed by atoms with Crippen molar-refractivity contribution in [3.05, 3.63) is 71.2 Å². The van der Waals surface area contributed by atoms with Crippen molar-refractivity contribution >= 4 is 39.3 Å². The molecule has 0 unspecified atom stereocenters. The average Bonchev–Trinajstić information content (AvgIpc) is 3.09. The molecule has 1 aromatic heterocycles. The van der Waals surface area contributed by atoms with Crippen LogP contribution in [0.25, 0.3) is 11.4 Å². The Morgan fingerprint density at radius 3 is 2.67 bits per heavy atom. The molecule has 1 amide bonds. The summed E-state index contributed by atoms with van der Waals surface area (Å²) in [6.07, 6.45) is -2.78. The summed E-state index contributed by atoms with van der Waals surface area (Å²) in [6.45, 7) is 4.18. The van der Waals surface area contributed by atoms with Gasteiger partial charge in [-0.15, -0.1) is 16.8 Å². The first-order valence-electron chi connectivity index (χ1n) is 8.68. The van der Waals surface area contributed by atoms with Crippen molar-refractivity contribution in [2.24, 2.45) is 0 Å². The Bertz CT molecular complexity index is 1070. The van der Waals surface area contributed by atoms with Crippen LogP contribution in [0.3, 0.4) is 0 Å². The second-order valence-corrected chi connectivity index (χ2v) is 7.99. The molecule has 30 heavy (non-hydrogen) atoms. The number of hydrogen-bond donors (Lipinski definition) is 1. The maximum absolute atomic E-state index is 12.8. The smallest absolute Gasteiger partial charge is 0.325 e. The van der Waals surface area contributed by atoms with E-state index in [9.17, 15) is 18.0 Å². The van der Waals surface area contributed by atoms with E-state index < -0.39 is 17.6 Å². The molecular formula is C20H16BrF3N4OS. The number of allylic oxidation sites excluding steroid dienone is 1. The average molecular weight is 497 g/mol. The van der Waals surface area contributed by atoms with Gasteiger partial charge in [0.15, 0.2) is 11.0 Å². The summed E-state index contributed by atoms with van der Waals surface area (Å²) in [7, 11) is 0. The Balaban J connectivity index is 1.71. The van der Waals surface area contributed by atoms with E-state index in [1.54, 1.807) is 6.08 Å². The predicted octanol–water partition coefficient (Wildman–Crippen LogP) is 5.64. The van der Waals surface area contributed by atoms with Gasteiger partial charge < -0.3 is 5.32 Å². The molecule has 0 aliphatic rings. The summed E-state index contributed by atoms with van der Waals surface area (Å²) >= 11 is 4.56. The molecular weight excluding hydrogens is 481 g/mol. The second-order valence-electron chi connectivity index (χ2n) is 6.13. The number of benzene rings is 2. The highest BCUT2D eigenvalue weighted by atomic mass is 79.9. The molecule has 3 rings (SSSR count). The predicted molar refractivity (Wildman–Crippen MR) is 114 cm³/mol. The van der Waals surface area contributed by atoms with Crippen LogP contribution in [0.2, 0.25) is 0 Å². The minimum absolute atomic E-state index is 0.0377. The molecule has 0 bridgehead atoms. The fourth-order valence-corrected chi connectivity index (χ4v) is 3.78. The molecule has 5 nitrogen and oxygen atoms in total. The molecule has 0 saturated carbocycles. The summed E-state index contributed by atoms with van der Waals surface area (Å²) in [5.74, 6) is 0.137. The lowest BCUT2D eigenvalue weighted by atomic mass is 10.2. The van der Waals surface area contributed by atoms with E-state index in [1.807, 2.05) is 28.8 Å². The van der Waals surface area contributed by atoms with Gasteiger partial charge in [-0.1, -0.05) is 52.0 Å². The van der Waals surface area contributed by atoms with Crippen LogP contribution in [-0.4, -0.2) is 26.4 Å². The van der Waals surface area contributed by atoms with Gasteiger partial charge in [0.1, 0.15) is 0 Å². The topological polar surface area (TPSA) is 59.8 Å². The zero-order chi connectivity index (χ0) is 21.7. The molecule has 10 heteroatoms. The summed E-state index contributed by atoms with van der Waals surface area (Å²) < 4.78 is 41.1. The Morgan fingerprint density at radius 1 is 1.20 bits per heavy atom. The number of aromatic nitrogens is 3. The van der Waals surface area contributed by atoms with Crippen LogP contribution in [0.15, 0.2) is 70.8 Å². The molecule has 0 spiro atoms. The number of halogens is 4. The summed E-state index contributed by atoms with van der Waals surface area (Å²) in [5.41, 5.74) is 0.106. The van der Waals surface area contributed by atoms with Crippen molar-refractivity contribution in [2.75, 3.05) is 11.1 Å². The largest absolute Gasteiger partial charge is 0.416 e. The van der Waals surface area contributed by atoms with Crippen LogP contribution < -0.4 is 5.32 Å². The number of thioether (sulfide) groups is 1. The first kappa shape index (κ1) is 22.1. The van der Waals surface area contributed by atoms with Crippen molar-refractivity contribution in [3.63, 3.8) is 0 Å². The van der Waals surface area contributed by atoms with E-state index in [0.717, 1.165) is 33.9 Å². The van der Waals surface area contributed by atoms with Crippen molar-refractivity contribution < 1.29 is 18.0 Å². The minimum atomic E-state index is -4.47. The highest BCUT2D eigenvalue weighted by Gasteiger charge is 2.30. The van der Waals surface area contributed by atoms with Gasteiger partial charge in [-0.2, -0.15) is 13.2 Å². The number of nitrogens with one attached hydrogen (secondary N) is 1. The van der Waals surface area contributed by atoms with Crippen LogP contribution in [-0.2, 0) is 17.5 Å². The van der Waals surface area contributed by atoms with Crippen LogP contribution >= 0.6 is 27.7 Å². The number of amides is 1. The quantitative estimate of drug-likeness (QED) is 0.339. The molecule has 3 aromatic rings. The summed E-state index contributed by atoms with van der Waals surface area (Å²) in [4.78, 5) is 12.2. The number of alkyl halides is 3. The third-order valence-corrected chi connectivity index (χ3v) is 5.38. The zero-order valence-electron chi connectivity index (χ0n) is 15.5. The maximum Gasteiger partial charge on any atom is 0.416 e. The Kier molecular flexibility index (Phi) is 6.99. The summed E-state index contributed by atoms with van der Waals surface area (Å²) in [5, 5.41) is 11.3. The first-order valence-corrected chi connectivity index (χ1v) is 10.5. The lowest BCUT2D eigenvalue weighted by molar-refractivity contribution is -0.137. The first-order chi connectivity index (χ1) is 14.3. The zero-order valence-corrected chi connectivity index (χ0v) is 17.9. The number of anilines is 1. The lowest BCUT2D eigenvalue weighted by Gasteiger charge is -2.10. The number of carbonyl (C=O) groups excluding carboxylic acids is 1. The van der Waals surface area contributed by atoms with Gasteiger partial charge in [-0.3, -0.25) is 9.36 Å². The Morgan fingerprint density at radius 2 is 1.97 bits per heavy atom. The van der Waals surface area contributed by atoms with E-state index >= 15 is 0 Å². The van der Waals surface area contributed by atoms with E-state index in [2.05, 4.69) is 38.0 Å². The van der Waals surface area contributed by atoms with Gasteiger partial charge in [0.25, 0.3) is 0 Å². The van der Waals surface area contributed by atoms with E-state index in [1.165, 1.54) is 12.1 Å². The third-order valence-electron chi connectivity index (χ3n) is 3.92. The number of hydrogen-bond acceptors (Lipinski definition) is 4. The minimum Gasteiger partial charge on any atom is -0.325 e. The molecule has 0 saturated heterocycles. The molecule has 2 aromatic carbocycles. The van der Waals surface area contributed by atoms with E-state index in [4.69, 9.17) is 0 Å². The third kappa shape index (κ3) is 5.51. The molecule has 0 aliphatic carbocycles. The van der Waals surface area contributed by atoms with Gasteiger partial charge in [-0.05, 0) is 30.3 Å².